The minimum atomic E-state index is -0.947. The van der Waals surface area contributed by atoms with Gasteiger partial charge in [-0.1, -0.05) is 18.2 Å². The fourth-order valence-electron chi connectivity index (χ4n) is 6.21. The molecule has 1 N–H and O–H groups in total. The third kappa shape index (κ3) is 3.69. The summed E-state index contributed by atoms with van der Waals surface area (Å²) in [6, 6.07) is 6.08. The molecule has 4 heterocycles. The molecular formula is C26H32N4O4. The molecule has 34 heavy (non-hydrogen) atoms. The highest BCUT2D eigenvalue weighted by Gasteiger charge is 2.41. The normalized spacial score (nSPS) is 24.9. The van der Waals surface area contributed by atoms with Crippen molar-refractivity contribution in [1.82, 2.24) is 19.3 Å². The molecule has 1 aliphatic carbocycles. The van der Waals surface area contributed by atoms with Gasteiger partial charge in [-0.2, -0.15) is 0 Å². The average Bonchev–Trinajstić information content (AvgIpc) is 3.52. The molecule has 1 aromatic carbocycles. The molecule has 4 aliphatic rings. The Morgan fingerprint density at radius 2 is 1.85 bits per heavy atom. The Balaban J connectivity index is 1.35. The largest absolute Gasteiger partial charge is 0.465 e. The van der Waals surface area contributed by atoms with Crippen molar-refractivity contribution in [3.63, 3.8) is 0 Å². The molecular weight excluding hydrogens is 432 g/mol. The predicted molar refractivity (Wildman–Crippen MR) is 129 cm³/mol. The third-order valence-electron chi connectivity index (χ3n) is 7.96. The molecule has 2 aromatic rings. The summed E-state index contributed by atoms with van der Waals surface area (Å²) in [7, 11) is 0. The molecule has 2 saturated heterocycles. The smallest absolute Gasteiger partial charge is 0.407 e. The van der Waals surface area contributed by atoms with Crippen LogP contribution in [-0.4, -0.2) is 94.9 Å². The van der Waals surface area contributed by atoms with E-state index in [9.17, 15) is 14.7 Å². The number of rotatable bonds is 4. The van der Waals surface area contributed by atoms with E-state index in [2.05, 4.69) is 39.9 Å². The number of morpholine rings is 1. The second kappa shape index (κ2) is 8.74. The lowest BCUT2D eigenvalue weighted by Crippen LogP contribution is -2.51. The van der Waals surface area contributed by atoms with Crippen LogP contribution in [0.3, 0.4) is 0 Å². The number of ether oxygens (including phenoxy) is 1. The minimum absolute atomic E-state index is 0.0655. The molecule has 0 spiro atoms. The van der Waals surface area contributed by atoms with Gasteiger partial charge in [0.25, 0.3) is 0 Å². The molecule has 2 fully saturated rings. The quantitative estimate of drug-likeness (QED) is 0.752. The van der Waals surface area contributed by atoms with Crippen molar-refractivity contribution in [1.29, 1.82) is 0 Å². The fraction of sp³-hybridized carbons (Fsp3) is 0.538. The Kier molecular flexibility index (Phi) is 5.57. The number of carbonyl (C=O) groups is 2. The van der Waals surface area contributed by atoms with Crippen LogP contribution >= 0.6 is 0 Å². The SMILES string of the molecule is O=C([C@@H]1C=C2c3cccc4c3c(cn4CCN3CCOCC3)C[C@H]2N(C(=O)O)C1)N1CCCC1. The number of amides is 2. The van der Waals surface area contributed by atoms with E-state index in [1.54, 1.807) is 0 Å². The zero-order valence-corrected chi connectivity index (χ0v) is 19.5. The monoisotopic (exact) mass is 464 g/mol. The molecule has 0 unspecified atom stereocenters. The first-order valence-corrected chi connectivity index (χ1v) is 12.5. The van der Waals surface area contributed by atoms with Crippen LogP contribution in [0, 0.1) is 5.92 Å². The maximum Gasteiger partial charge on any atom is 0.407 e. The summed E-state index contributed by atoms with van der Waals surface area (Å²) in [4.78, 5) is 31.3. The Labute approximate surface area is 199 Å². The van der Waals surface area contributed by atoms with E-state index in [1.165, 1.54) is 21.4 Å². The van der Waals surface area contributed by atoms with Gasteiger partial charge in [0.05, 0.1) is 25.2 Å². The number of hydrogen-bond acceptors (Lipinski definition) is 4. The zero-order chi connectivity index (χ0) is 23.2. The molecule has 0 radical (unpaired) electrons. The molecule has 180 valence electrons. The highest BCUT2D eigenvalue weighted by Crippen LogP contribution is 2.42. The topological polar surface area (TPSA) is 78.2 Å². The number of fused-ring (bicyclic) bond motifs is 2. The van der Waals surface area contributed by atoms with Crippen LogP contribution in [0.2, 0.25) is 0 Å². The molecule has 2 amide bonds. The van der Waals surface area contributed by atoms with Gasteiger partial charge in [0.1, 0.15) is 0 Å². The van der Waals surface area contributed by atoms with Crippen LogP contribution in [0.25, 0.3) is 16.5 Å². The van der Waals surface area contributed by atoms with Gasteiger partial charge in [0.2, 0.25) is 5.91 Å². The maximum absolute atomic E-state index is 13.2. The van der Waals surface area contributed by atoms with Gasteiger partial charge in [0.15, 0.2) is 0 Å². The van der Waals surface area contributed by atoms with Crippen LogP contribution in [0.15, 0.2) is 30.5 Å². The van der Waals surface area contributed by atoms with E-state index in [-0.39, 0.29) is 18.5 Å². The molecule has 8 heteroatoms. The van der Waals surface area contributed by atoms with Crippen molar-refractivity contribution in [2.75, 3.05) is 52.5 Å². The van der Waals surface area contributed by atoms with E-state index < -0.39 is 12.0 Å². The molecule has 0 saturated carbocycles. The molecule has 6 rings (SSSR count). The lowest BCUT2D eigenvalue weighted by molar-refractivity contribution is -0.133. The van der Waals surface area contributed by atoms with Crippen molar-refractivity contribution in [2.24, 2.45) is 5.92 Å². The second-order valence-electron chi connectivity index (χ2n) is 9.92. The maximum atomic E-state index is 13.2. The zero-order valence-electron chi connectivity index (χ0n) is 19.5. The van der Waals surface area contributed by atoms with Crippen LogP contribution < -0.4 is 0 Å². The number of likely N-dealkylation sites (tertiary alicyclic amines) is 1. The number of hydrogen-bond donors (Lipinski definition) is 1. The minimum Gasteiger partial charge on any atom is -0.465 e. The Bertz CT molecular complexity index is 1140. The summed E-state index contributed by atoms with van der Waals surface area (Å²) in [5.74, 6) is -0.351. The standard InChI is InChI=1S/C26H32N4O4/c31-25(28-6-1-2-7-28)19-14-21-20-4-3-5-22-24(20)18(15-23(21)30(17-19)26(32)33)16-29(22)9-8-27-10-12-34-13-11-27/h3-5,14,16,19,23H,1-2,6-13,15,17H2,(H,32,33)/t19-,23-/m1/s1. The highest BCUT2D eigenvalue weighted by molar-refractivity contribution is 6.00. The van der Waals surface area contributed by atoms with Crippen molar-refractivity contribution in [3.05, 3.63) is 41.6 Å². The summed E-state index contributed by atoms with van der Waals surface area (Å²) in [6.07, 6.45) is 6.06. The first-order valence-electron chi connectivity index (χ1n) is 12.5. The van der Waals surface area contributed by atoms with Gasteiger partial charge in [-0.25, -0.2) is 4.79 Å². The number of aromatic nitrogens is 1. The van der Waals surface area contributed by atoms with E-state index in [1.807, 2.05) is 4.90 Å². The van der Waals surface area contributed by atoms with Crippen LogP contribution in [0.1, 0.15) is 24.0 Å². The van der Waals surface area contributed by atoms with Gasteiger partial charge >= 0.3 is 6.09 Å². The van der Waals surface area contributed by atoms with E-state index >= 15 is 0 Å². The Morgan fingerprint density at radius 1 is 1.06 bits per heavy atom. The lowest BCUT2D eigenvalue weighted by atomic mass is 9.79. The molecule has 1 aromatic heterocycles. The van der Waals surface area contributed by atoms with Gasteiger partial charge in [-0.15, -0.1) is 0 Å². The summed E-state index contributed by atoms with van der Waals surface area (Å²) >= 11 is 0. The summed E-state index contributed by atoms with van der Waals surface area (Å²) in [5, 5.41) is 11.3. The summed E-state index contributed by atoms with van der Waals surface area (Å²) < 4.78 is 7.79. The molecule has 8 nitrogen and oxygen atoms in total. The third-order valence-corrected chi connectivity index (χ3v) is 7.96. The Hall–Kier alpha value is -2.84. The second-order valence-corrected chi connectivity index (χ2v) is 9.92. The van der Waals surface area contributed by atoms with Crippen LogP contribution in [0.5, 0.6) is 0 Å². The molecule has 2 atom stereocenters. The van der Waals surface area contributed by atoms with E-state index in [0.717, 1.165) is 76.5 Å². The lowest BCUT2D eigenvalue weighted by Gasteiger charge is -2.40. The van der Waals surface area contributed by atoms with Gasteiger partial charge in [-0.3, -0.25) is 14.6 Å². The number of nitrogens with zero attached hydrogens (tertiary/aromatic N) is 4. The average molecular weight is 465 g/mol. The molecule has 3 aliphatic heterocycles. The number of carbonyl (C=O) groups excluding carboxylic acids is 1. The van der Waals surface area contributed by atoms with Crippen LogP contribution in [0.4, 0.5) is 4.79 Å². The summed E-state index contributed by atoms with van der Waals surface area (Å²) in [6.45, 7) is 7.17. The Morgan fingerprint density at radius 3 is 2.62 bits per heavy atom. The predicted octanol–water partition coefficient (Wildman–Crippen LogP) is 2.51. The number of benzene rings is 1. The first-order chi connectivity index (χ1) is 16.6. The molecule has 0 bridgehead atoms. The van der Waals surface area contributed by atoms with Gasteiger partial charge in [-0.05, 0) is 42.0 Å². The first kappa shape index (κ1) is 21.7. The van der Waals surface area contributed by atoms with E-state index in [0.29, 0.717) is 6.42 Å². The fourth-order valence-corrected chi connectivity index (χ4v) is 6.21. The summed E-state index contributed by atoms with van der Waals surface area (Å²) in [5.41, 5.74) is 4.47. The van der Waals surface area contributed by atoms with Crippen LogP contribution in [-0.2, 0) is 22.5 Å². The highest BCUT2D eigenvalue weighted by atomic mass is 16.5. The van der Waals surface area contributed by atoms with Gasteiger partial charge in [0, 0.05) is 62.9 Å². The van der Waals surface area contributed by atoms with Gasteiger partial charge < -0.3 is 19.3 Å². The number of carboxylic acid groups (broad SMARTS) is 1. The van der Waals surface area contributed by atoms with Crippen molar-refractivity contribution < 1.29 is 19.4 Å². The van der Waals surface area contributed by atoms with E-state index in [4.69, 9.17) is 4.74 Å². The van der Waals surface area contributed by atoms with Crippen molar-refractivity contribution in [2.45, 2.75) is 31.8 Å². The van der Waals surface area contributed by atoms with Crippen molar-refractivity contribution in [3.8, 4) is 0 Å². The van der Waals surface area contributed by atoms with Crippen molar-refractivity contribution >= 4 is 28.5 Å².